The number of carboxylic acids is 1. The fourth-order valence-electron chi connectivity index (χ4n) is 1.39. The van der Waals surface area contributed by atoms with Gasteiger partial charge in [0, 0.05) is 6.54 Å². The van der Waals surface area contributed by atoms with Crippen molar-refractivity contribution in [1.82, 2.24) is 5.32 Å². The Morgan fingerprint density at radius 2 is 2.12 bits per heavy atom. The first kappa shape index (κ1) is 13.5. The molecule has 94 valence electrons. The van der Waals surface area contributed by atoms with E-state index in [4.69, 9.17) is 9.84 Å². The van der Waals surface area contributed by atoms with E-state index in [0.717, 1.165) is 6.54 Å². The molecule has 0 fully saturated rings. The molecule has 0 radical (unpaired) electrons. The number of carboxylic acid groups (broad SMARTS) is 1. The van der Waals surface area contributed by atoms with Crippen LogP contribution < -0.4 is 10.1 Å². The largest absolute Gasteiger partial charge is 0.491 e. The first-order valence-electron chi connectivity index (χ1n) is 5.77. The molecule has 0 atom stereocenters. The lowest BCUT2D eigenvalue weighted by Gasteiger charge is -2.10. The average molecular weight is 237 g/mol. The first-order valence-corrected chi connectivity index (χ1v) is 5.77. The van der Waals surface area contributed by atoms with Crippen molar-refractivity contribution in [2.75, 3.05) is 19.7 Å². The van der Waals surface area contributed by atoms with Crippen molar-refractivity contribution in [2.45, 2.75) is 13.8 Å². The van der Waals surface area contributed by atoms with E-state index in [2.05, 4.69) is 19.2 Å². The second-order valence-corrected chi connectivity index (χ2v) is 4.25. The highest BCUT2D eigenvalue weighted by atomic mass is 16.5. The topological polar surface area (TPSA) is 58.6 Å². The van der Waals surface area contributed by atoms with Gasteiger partial charge in [0.2, 0.25) is 0 Å². The molecule has 0 aliphatic heterocycles. The van der Waals surface area contributed by atoms with Gasteiger partial charge in [-0.3, -0.25) is 0 Å². The van der Waals surface area contributed by atoms with E-state index in [-0.39, 0.29) is 5.56 Å². The zero-order valence-corrected chi connectivity index (χ0v) is 10.3. The van der Waals surface area contributed by atoms with Gasteiger partial charge in [-0.2, -0.15) is 0 Å². The summed E-state index contributed by atoms with van der Waals surface area (Å²) in [6.45, 7) is 6.38. The summed E-state index contributed by atoms with van der Waals surface area (Å²) in [5.74, 6) is 0.0587. The quantitative estimate of drug-likeness (QED) is 0.712. The van der Waals surface area contributed by atoms with Crippen molar-refractivity contribution in [1.29, 1.82) is 0 Å². The Kier molecular flexibility index (Phi) is 5.49. The Bertz CT molecular complexity index is 363. The molecule has 0 unspecified atom stereocenters. The van der Waals surface area contributed by atoms with Crippen LogP contribution in [0.2, 0.25) is 0 Å². The number of aromatic carboxylic acids is 1. The minimum atomic E-state index is -0.962. The number of carbonyl (C=O) groups is 1. The maximum atomic E-state index is 10.9. The highest BCUT2D eigenvalue weighted by Crippen LogP contribution is 2.17. The number of hydrogen-bond acceptors (Lipinski definition) is 3. The van der Waals surface area contributed by atoms with Crippen molar-refractivity contribution in [3.05, 3.63) is 29.8 Å². The van der Waals surface area contributed by atoms with E-state index < -0.39 is 5.97 Å². The van der Waals surface area contributed by atoms with Gasteiger partial charge in [-0.25, -0.2) is 4.79 Å². The van der Waals surface area contributed by atoms with E-state index >= 15 is 0 Å². The first-order chi connectivity index (χ1) is 8.11. The second-order valence-electron chi connectivity index (χ2n) is 4.25. The van der Waals surface area contributed by atoms with Gasteiger partial charge in [-0.15, -0.1) is 0 Å². The minimum absolute atomic E-state index is 0.205. The van der Waals surface area contributed by atoms with E-state index in [9.17, 15) is 4.79 Å². The van der Waals surface area contributed by atoms with Crippen molar-refractivity contribution in [2.24, 2.45) is 5.92 Å². The fraction of sp³-hybridized carbons (Fsp3) is 0.462. The van der Waals surface area contributed by atoms with Crippen molar-refractivity contribution >= 4 is 5.97 Å². The van der Waals surface area contributed by atoms with Crippen LogP contribution >= 0.6 is 0 Å². The summed E-state index contributed by atoms with van der Waals surface area (Å²) in [4.78, 5) is 10.9. The van der Waals surface area contributed by atoms with Gasteiger partial charge < -0.3 is 15.2 Å². The Morgan fingerprint density at radius 3 is 2.76 bits per heavy atom. The molecule has 0 aliphatic rings. The molecule has 0 saturated carbocycles. The fourth-order valence-corrected chi connectivity index (χ4v) is 1.39. The molecule has 1 rings (SSSR count). The molecule has 2 N–H and O–H groups in total. The van der Waals surface area contributed by atoms with Crippen LogP contribution in [-0.4, -0.2) is 30.8 Å². The minimum Gasteiger partial charge on any atom is -0.491 e. The SMILES string of the molecule is CC(C)CNCCOc1ccccc1C(=O)O. The molecule has 1 aromatic carbocycles. The molecular formula is C13H19NO3. The summed E-state index contributed by atoms with van der Waals surface area (Å²) >= 11 is 0. The summed E-state index contributed by atoms with van der Waals surface area (Å²) in [6, 6.07) is 6.67. The van der Waals surface area contributed by atoms with Gasteiger partial charge >= 0.3 is 5.97 Å². The molecule has 0 aromatic heterocycles. The molecule has 4 heteroatoms. The summed E-state index contributed by atoms with van der Waals surface area (Å²) in [5, 5.41) is 12.2. The van der Waals surface area contributed by atoms with Gasteiger partial charge in [-0.1, -0.05) is 26.0 Å². The maximum Gasteiger partial charge on any atom is 0.339 e. The van der Waals surface area contributed by atoms with Crippen molar-refractivity contribution in [3.63, 3.8) is 0 Å². The molecule has 0 aliphatic carbocycles. The average Bonchev–Trinajstić information content (AvgIpc) is 2.28. The van der Waals surface area contributed by atoms with Crippen LogP contribution in [0.3, 0.4) is 0 Å². The van der Waals surface area contributed by atoms with Crippen LogP contribution in [0.4, 0.5) is 0 Å². The van der Waals surface area contributed by atoms with Gasteiger partial charge in [0.15, 0.2) is 0 Å². The summed E-state index contributed by atoms with van der Waals surface area (Å²) in [6.07, 6.45) is 0. The van der Waals surface area contributed by atoms with Crippen LogP contribution in [0, 0.1) is 5.92 Å². The molecule has 0 bridgehead atoms. The number of para-hydroxylation sites is 1. The van der Waals surface area contributed by atoms with Crippen molar-refractivity contribution < 1.29 is 14.6 Å². The summed E-state index contributed by atoms with van der Waals surface area (Å²) in [5.41, 5.74) is 0.205. The van der Waals surface area contributed by atoms with Crippen LogP contribution in [0.5, 0.6) is 5.75 Å². The van der Waals surface area contributed by atoms with Crippen LogP contribution in [-0.2, 0) is 0 Å². The third kappa shape index (κ3) is 4.87. The maximum absolute atomic E-state index is 10.9. The summed E-state index contributed by atoms with van der Waals surface area (Å²) in [7, 11) is 0. The predicted octanol–water partition coefficient (Wildman–Crippen LogP) is 2.01. The van der Waals surface area contributed by atoms with Crippen molar-refractivity contribution in [3.8, 4) is 5.75 Å². The molecule has 0 spiro atoms. The van der Waals surface area contributed by atoms with E-state index in [1.54, 1.807) is 24.3 Å². The van der Waals surface area contributed by atoms with Gasteiger partial charge in [0.1, 0.15) is 17.9 Å². The Hall–Kier alpha value is -1.55. The number of rotatable bonds is 7. The highest BCUT2D eigenvalue weighted by Gasteiger charge is 2.09. The van der Waals surface area contributed by atoms with E-state index in [1.807, 2.05) is 0 Å². The number of nitrogens with one attached hydrogen (secondary N) is 1. The van der Waals surface area contributed by atoms with Crippen LogP contribution in [0.1, 0.15) is 24.2 Å². The van der Waals surface area contributed by atoms with Gasteiger partial charge in [0.05, 0.1) is 0 Å². The number of hydrogen-bond donors (Lipinski definition) is 2. The molecule has 1 aromatic rings. The van der Waals surface area contributed by atoms with Crippen LogP contribution in [0.15, 0.2) is 24.3 Å². The molecule has 17 heavy (non-hydrogen) atoms. The Morgan fingerprint density at radius 1 is 1.41 bits per heavy atom. The molecule has 0 amide bonds. The van der Waals surface area contributed by atoms with Gasteiger partial charge in [-0.05, 0) is 24.6 Å². The zero-order chi connectivity index (χ0) is 12.7. The predicted molar refractivity (Wildman–Crippen MR) is 66.6 cm³/mol. The molecule has 0 saturated heterocycles. The van der Waals surface area contributed by atoms with Crippen LogP contribution in [0.25, 0.3) is 0 Å². The third-order valence-corrected chi connectivity index (χ3v) is 2.21. The molecule has 4 nitrogen and oxygen atoms in total. The zero-order valence-electron chi connectivity index (χ0n) is 10.3. The highest BCUT2D eigenvalue weighted by molar-refractivity contribution is 5.90. The number of ether oxygens (including phenoxy) is 1. The van der Waals surface area contributed by atoms with E-state index in [0.29, 0.717) is 24.8 Å². The third-order valence-electron chi connectivity index (χ3n) is 2.21. The smallest absolute Gasteiger partial charge is 0.339 e. The normalized spacial score (nSPS) is 10.5. The lowest BCUT2D eigenvalue weighted by molar-refractivity contribution is 0.0692. The Labute approximate surface area is 102 Å². The standard InChI is InChI=1S/C13H19NO3/c1-10(2)9-14-7-8-17-12-6-4-3-5-11(12)13(15)16/h3-6,10,14H,7-9H2,1-2H3,(H,15,16). The second kappa shape index (κ2) is 6.91. The lowest BCUT2D eigenvalue weighted by atomic mass is 10.2. The summed E-state index contributed by atoms with van der Waals surface area (Å²) < 4.78 is 5.44. The van der Waals surface area contributed by atoms with Gasteiger partial charge in [0.25, 0.3) is 0 Å². The molecule has 0 heterocycles. The van der Waals surface area contributed by atoms with E-state index in [1.165, 1.54) is 0 Å². The lowest BCUT2D eigenvalue weighted by Crippen LogP contribution is -2.25. The monoisotopic (exact) mass is 237 g/mol. The number of benzene rings is 1. The Balaban J connectivity index is 2.39. The molecular weight excluding hydrogens is 218 g/mol.